The van der Waals surface area contributed by atoms with Crippen LogP contribution in [0.3, 0.4) is 0 Å². The van der Waals surface area contributed by atoms with Gasteiger partial charge in [-0.15, -0.1) is 0 Å². The van der Waals surface area contributed by atoms with Crippen molar-refractivity contribution in [1.29, 1.82) is 0 Å². The van der Waals surface area contributed by atoms with Crippen molar-refractivity contribution in [2.45, 2.75) is 63.6 Å². The second kappa shape index (κ2) is 4.80. The van der Waals surface area contributed by atoms with Crippen molar-refractivity contribution in [3.05, 3.63) is 12.2 Å². The van der Waals surface area contributed by atoms with Gasteiger partial charge in [-0.25, -0.2) is 0 Å². The number of ether oxygens (including phenoxy) is 1. The van der Waals surface area contributed by atoms with Crippen LogP contribution >= 0.6 is 0 Å². The molecule has 1 saturated carbocycles. The minimum Gasteiger partial charge on any atom is -0.371 e. The Labute approximate surface area is 81.2 Å². The highest BCUT2D eigenvalue weighted by Crippen LogP contribution is 2.24. The molecule has 0 spiro atoms. The van der Waals surface area contributed by atoms with Crippen molar-refractivity contribution in [2.24, 2.45) is 0 Å². The van der Waals surface area contributed by atoms with E-state index in [2.05, 4.69) is 12.2 Å². The van der Waals surface area contributed by atoms with E-state index in [9.17, 15) is 0 Å². The van der Waals surface area contributed by atoms with E-state index in [0.717, 1.165) is 0 Å². The molecule has 0 aliphatic heterocycles. The summed E-state index contributed by atoms with van der Waals surface area (Å²) in [4.78, 5) is 0. The highest BCUT2D eigenvalue weighted by atomic mass is 16.5. The third kappa shape index (κ3) is 2.84. The van der Waals surface area contributed by atoms with Gasteiger partial charge in [0.2, 0.25) is 0 Å². The zero-order chi connectivity index (χ0) is 8.93. The summed E-state index contributed by atoms with van der Waals surface area (Å²) in [6.45, 7) is 0. The van der Waals surface area contributed by atoms with E-state index >= 15 is 0 Å². The van der Waals surface area contributed by atoms with Crippen LogP contribution < -0.4 is 0 Å². The van der Waals surface area contributed by atoms with Crippen molar-refractivity contribution in [3.63, 3.8) is 0 Å². The Morgan fingerprint density at radius 2 is 1.77 bits per heavy atom. The minimum atomic E-state index is 0.442. The van der Waals surface area contributed by atoms with Crippen molar-refractivity contribution in [3.8, 4) is 0 Å². The van der Waals surface area contributed by atoms with Crippen LogP contribution in [0.5, 0.6) is 0 Å². The van der Waals surface area contributed by atoms with E-state index in [1.54, 1.807) is 0 Å². The summed E-state index contributed by atoms with van der Waals surface area (Å²) in [6.07, 6.45) is 16.1. The summed E-state index contributed by atoms with van der Waals surface area (Å²) in [5.41, 5.74) is 0. The molecule has 0 saturated heterocycles. The average Bonchev–Trinajstić information content (AvgIpc) is 2.21. The maximum absolute atomic E-state index is 6.05. The van der Waals surface area contributed by atoms with Crippen LogP contribution in [-0.4, -0.2) is 12.2 Å². The quantitative estimate of drug-likeness (QED) is 0.591. The lowest BCUT2D eigenvalue weighted by molar-refractivity contribution is -0.0128. The lowest BCUT2D eigenvalue weighted by atomic mass is 9.97. The van der Waals surface area contributed by atoms with Crippen LogP contribution in [0.1, 0.15) is 51.4 Å². The first-order valence-corrected chi connectivity index (χ1v) is 5.77. The van der Waals surface area contributed by atoms with E-state index in [4.69, 9.17) is 4.74 Å². The molecule has 0 N–H and O–H groups in total. The number of hydrogen-bond acceptors (Lipinski definition) is 1. The van der Waals surface area contributed by atoms with E-state index in [-0.39, 0.29) is 0 Å². The number of rotatable bonds is 2. The van der Waals surface area contributed by atoms with Crippen LogP contribution in [-0.2, 0) is 4.74 Å². The molecule has 2 rings (SSSR count). The zero-order valence-electron chi connectivity index (χ0n) is 8.37. The molecule has 0 aromatic heterocycles. The lowest BCUT2D eigenvalue weighted by Gasteiger charge is -2.27. The van der Waals surface area contributed by atoms with Crippen molar-refractivity contribution in [2.75, 3.05) is 0 Å². The fraction of sp³-hybridized carbons (Fsp3) is 0.833. The monoisotopic (exact) mass is 180 g/mol. The van der Waals surface area contributed by atoms with Crippen LogP contribution in [0.25, 0.3) is 0 Å². The summed E-state index contributed by atoms with van der Waals surface area (Å²) in [5, 5.41) is 0. The van der Waals surface area contributed by atoms with Crippen LogP contribution in [0.15, 0.2) is 12.2 Å². The predicted octanol–water partition coefficient (Wildman–Crippen LogP) is 3.44. The molecule has 13 heavy (non-hydrogen) atoms. The second-order valence-corrected chi connectivity index (χ2v) is 4.29. The summed E-state index contributed by atoms with van der Waals surface area (Å²) >= 11 is 0. The molecule has 0 amide bonds. The Balaban J connectivity index is 1.75. The molecular formula is C12H20O. The van der Waals surface area contributed by atoms with Gasteiger partial charge in [0.25, 0.3) is 0 Å². The summed E-state index contributed by atoms with van der Waals surface area (Å²) in [6, 6.07) is 0. The summed E-state index contributed by atoms with van der Waals surface area (Å²) in [7, 11) is 0. The highest BCUT2D eigenvalue weighted by Gasteiger charge is 2.18. The molecule has 1 nitrogen and oxygen atoms in total. The first-order valence-electron chi connectivity index (χ1n) is 5.77. The topological polar surface area (TPSA) is 9.23 Å². The molecule has 0 radical (unpaired) electrons. The standard InChI is InChI=1S/C12H20O/c1-3-7-11(8-4-1)13-12-9-5-2-6-10-12/h3,7,11-12H,1-2,4-6,8-10H2. The average molecular weight is 180 g/mol. The Hall–Kier alpha value is -0.300. The molecule has 74 valence electrons. The Bertz CT molecular complexity index is 168. The smallest absolute Gasteiger partial charge is 0.0759 e. The van der Waals surface area contributed by atoms with Gasteiger partial charge in [-0.3, -0.25) is 0 Å². The summed E-state index contributed by atoms with van der Waals surface area (Å²) < 4.78 is 6.05. The van der Waals surface area contributed by atoms with Gasteiger partial charge in [-0.1, -0.05) is 31.4 Å². The molecular weight excluding hydrogens is 160 g/mol. The van der Waals surface area contributed by atoms with Gasteiger partial charge in [-0.05, 0) is 32.1 Å². The second-order valence-electron chi connectivity index (χ2n) is 4.29. The molecule has 0 heterocycles. The highest BCUT2D eigenvalue weighted by molar-refractivity contribution is 4.94. The Morgan fingerprint density at radius 1 is 0.923 bits per heavy atom. The van der Waals surface area contributed by atoms with Crippen molar-refractivity contribution < 1.29 is 4.74 Å². The van der Waals surface area contributed by atoms with Crippen molar-refractivity contribution >= 4 is 0 Å². The molecule has 0 aromatic rings. The van der Waals surface area contributed by atoms with Gasteiger partial charge in [0.05, 0.1) is 12.2 Å². The Morgan fingerprint density at radius 3 is 2.46 bits per heavy atom. The van der Waals surface area contributed by atoms with Crippen LogP contribution in [0.2, 0.25) is 0 Å². The SMILES string of the molecule is C1=CC(OC2CCCCC2)CCC1. The largest absolute Gasteiger partial charge is 0.371 e. The van der Waals surface area contributed by atoms with Crippen LogP contribution in [0, 0.1) is 0 Å². The fourth-order valence-electron chi connectivity index (χ4n) is 2.34. The number of allylic oxidation sites excluding steroid dienone is 1. The molecule has 1 atom stereocenters. The van der Waals surface area contributed by atoms with E-state index in [1.165, 1.54) is 51.4 Å². The van der Waals surface area contributed by atoms with Crippen LogP contribution in [0.4, 0.5) is 0 Å². The molecule has 1 fully saturated rings. The van der Waals surface area contributed by atoms with Gasteiger partial charge >= 0.3 is 0 Å². The maximum atomic E-state index is 6.05. The third-order valence-electron chi connectivity index (χ3n) is 3.13. The molecule has 2 aliphatic carbocycles. The molecule has 0 bridgehead atoms. The normalized spacial score (nSPS) is 30.6. The molecule has 0 aromatic carbocycles. The first kappa shape index (κ1) is 9.26. The maximum Gasteiger partial charge on any atom is 0.0759 e. The van der Waals surface area contributed by atoms with E-state index in [0.29, 0.717) is 12.2 Å². The number of hydrogen-bond donors (Lipinski definition) is 0. The van der Waals surface area contributed by atoms with Gasteiger partial charge in [0.15, 0.2) is 0 Å². The van der Waals surface area contributed by atoms with Gasteiger partial charge < -0.3 is 4.74 Å². The fourth-order valence-corrected chi connectivity index (χ4v) is 2.34. The zero-order valence-corrected chi connectivity index (χ0v) is 8.37. The minimum absolute atomic E-state index is 0.442. The molecule has 1 heteroatoms. The third-order valence-corrected chi connectivity index (χ3v) is 3.13. The van der Waals surface area contributed by atoms with E-state index < -0.39 is 0 Å². The first-order chi connectivity index (χ1) is 6.45. The lowest BCUT2D eigenvalue weighted by Crippen LogP contribution is -2.23. The predicted molar refractivity (Wildman–Crippen MR) is 54.7 cm³/mol. The summed E-state index contributed by atoms with van der Waals surface area (Å²) in [5.74, 6) is 0. The van der Waals surface area contributed by atoms with Gasteiger partial charge in [-0.2, -0.15) is 0 Å². The van der Waals surface area contributed by atoms with Gasteiger partial charge in [0.1, 0.15) is 0 Å². The van der Waals surface area contributed by atoms with E-state index in [1.807, 2.05) is 0 Å². The molecule has 1 unspecified atom stereocenters. The van der Waals surface area contributed by atoms with Crippen molar-refractivity contribution in [1.82, 2.24) is 0 Å². The Kier molecular flexibility index (Phi) is 3.42. The van der Waals surface area contributed by atoms with Gasteiger partial charge in [0, 0.05) is 0 Å². The molecule has 2 aliphatic rings.